The third-order valence-corrected chi connectivity index (χ3v) is 9.48. The van der Waals surface area contributed by atoms with Crippen LogP contribution in [0.1, 0.15) is 16.1 Å². The fourth-order valence-corrected chi connectivity index (χ4v) is 6.27. The molecule has 1 aromatic heterocycles. The van der Waals surface area contributed by atoms with Gasteiger partial charge in [0.2, 0.25) is 0 Å². The molecule has 0 aliphatic carbocycles. The van der Waals surface area contributed by atoms with Gasteiger partial charge in [0.25, 0.3) is 21.6 Å². The van der Waals surface area contributed by atoms with E-state index in [0.717, 1.165) is 22.2 Å². The number of aromatic hydroxyl groups is 2. The van der Waals surface area contributed by atoms with Crippen LogP contribution in [0.4, 0.5) is 34.1 Å². The highest BCUT2D eigenvalue weighted by Gasteiger charge is 2.20. The zero-order valence-electron chi connectivity index (χ0n) is 29.3. The van der Waals surface area contributed by atoms with Gasteiger partial charge in [-0.2, -0.15) is 18.6 Å². The van der Waals surface area contributed by atoms with Crippen molar-refractivity contribution in [1.29, 1.82) is 0 Å². The first kappa shape index (κ1) is 36.8. The fraction of sp³-hybridized carbons (Fsp3) is 0.0526. The van der Waals surface area contributed by atoms with Gasteiger partial charge < -0.3 is 20.7 Å². The summed E-state index contributed by atoms with van der Waals surface area (Å²) in [5, 5.41) is 51.9. The van der Waals surface area contributed by atoms with E-state index in [4.69, 9.17) is 10.5 Å². The second-order valence-electron chi connectivity index (χ2n) is 12.2. The second-order valence-corrected chi connectivity index (χ2v) is 13.6. The van der Waals surface area contributed by atoms with Crippen LogP contribution < -0.4 is 16.0 Å². The number of phenolic OH excluding ortho intramolecular Hbond substituents is 2. The van der Waals surface area contributed by atoms with E-state index in [1.165, 1.54) is 25.3 Å². The molecular formula is C38H29N9O8S. The molecule has 0 bridgehead atoms. The van der Waals surface area contributed by atoms with Gasteiger partial charge in [-0.1, -0.05) is 30.3 Å². The first-order chi connectivity index (χ1) is 26.8. The molecule has 6 aromatic carbocycles. The summed E-state index contributed by atoms with van der Waals surface area (Å²) in [5.74, 6) is -0.714. The number of methoxy groups -OCH3 is 1. The summed E-state index contributed by atoms with van der Waals surface area (Å²) in [6.45, 7) is 1.82. The van der Waals surface area contributed by atoms with E-state index in [-0.39, 0.29) is 34.3 Å². The van der Waals surface area contributed by atoms with E-state index in [1.807, 2.05) is 25.1 Å². The number of hydrogen-bond donors (Lipinski definition) is 5. The summed E-state index contributed by atoms with van der Waals surface area (Å²) < 4.78 is 38.5. The number of phenols is 2. The molecule has 1 amide bonds. The third kappa shape index (κ3) is 7.19. The van der Waals surface area contributed by atoms with Crippen LogP contribution >= 0.6 is 0 Å². The van der Waals surface area contributed by atoms with Gasteiger partial charge in [0.1, 0.15) is 22.9 Å². The Morgan fingerprint density at radius 3 is 2.18 bits per heavy atom. The van der Waals surface area contributed by atoms with Gasteiger partial charge >= 0.3 is 0 Å². The minimum absolute atomic E-state index is 0.0970. The van der Waals surface area contributed by atoms with Crippen molar-refractivity contribution in [2.45, 2.75) is 11.8 Å². The van der Waals surface area contributed by atoms with Gasteiger partial charge in [-0.25, -0.2) is 4.68 Å². The molecule has 0 aliphatic rings. The first-order valence-corrected chi connectivity index (χ1v) is 17.9. The van der Waals surface area contributed by atoms with Crippen LogP contribution in [0.15, 0.2) is 144 Å². The third-order valence-electron chi connectivity index (χ3n) is 8.61. The maximum Gasteiger partial charge on any atom is 0.299 e. The van der Waals surface area contributed by atoms with Crippen LogP contribution in [0.5, 0.6) is 17.2 Å². The van der Waals surface area contributed by atoms with Crippen LogP contribution in [0.25, 0.3) is 27.2 Å². The average molecular weight is 772 g/mol. The number of hydrogen-bond acceptors (Lipinski definition) is 13. The van der Waals surface area contributed by atoms with Crippen molar-refractivity contribution in [3.8, 4) is 22.9 Å². The zero-order valence-corrected chi connectivity index (χ0v) is 30.1. The molecule has 0 aliphatic heterocycles. The molecule has 280 valence electrons. The SMILES string of the molecule is COc1cc(N=Nc2cccc3cccc(O)c23)c(C)cc1N=Nc1ccc2cc(N=Nc3c(C(N)=O)[nH]n(-c4ccc(S(=O)(=O)O)cc4)c3=O)ccc2c1O. The largest absolute Gasteiger partial charge is 0.507 e. The van der Waals surface area contributed by atoms with Gasteiger partial charge in [-0.15, -0.1) is 20.5 Å². The van der Waals surface area contributed by atoms with E-state index < -0.39 is 32.2 Å². The number of H-pyrrole nitrogens is 1. The Labute approximate surface area is 316 Å². The Balaban J connectivity index is 1.13. The van der Waals surface area contributed by atoms with E-state index in [2.05, 4.69) is 35.8 Å². The van der Waals surface area contributed by atoms with Gasteiger partial charge in [0.15, 0.2) is 17.1 Å². The highest BCUT2D eigenvalue weighted by molar-refractivity contribution is 7.85. The summed E-state index contributed by atoms with van der Waals surface area (Å²) >= 11 is 0. The molecule has 7 rings (SSSR count). The standard InChI is InChI=1S/C38H29N9O8S/c1-20-17-30(32(55-2)19-29(20)43-41-27-7-3-5-21-6-4-8-31(48)33(21)27)44-42-28-16-9-22-18-23(10-15-26(22)36(28)49)40-45-35-34(37(39)50)46-47(38(35)51)24-11-13-25(14-12-24)56(52,53)54/h3-19,46,48-49H,1-2H3,(H2,39,50)(H,52,53,54). The highest BCUT2D eigenvalue weighted by atomic mass is 32.2. The van der Waals surface area contributed by atoms with Crippen LogP contribution in [-0.2, 0) is 10.1 Å². The number of ether oxygens (including phenoxy) is 1. The normalized spacial score (nSPS) is 12.1. The van der Waals surface area contributed by atoms with Gasteiger partial charge in [0, 0.05) is 11.5 Å². The number of aromatic nitrogens is 2. The van der Waals surface area contributed by atoms with Crippen molar-refractivity contribution in [1.82, 2.24) is 9.78 Å². The summed E-state index contributed by atoms with van der Waals surface area (Å²) in [4.78, 5) is 24.9. The van der Waals surface area contributed by atoms with E-state index in [9.17, 15) is 32.8 Å². The van der Waals surface area contributed by atoms with Crippen LogP contribution in [0.3, 0.4) is 0 Å². The van der Waals surface area contributed by atoms with Crippen LogP contribution in [-0.4, -0.2) is 46.0 Å². The molecule has 0 saturated heterocycles. The summed E-state index contributed by atoms with van der Waals surface area (Å²) in [6, 6.07) is 26.6. The number of rotatable bonds is 10. The number of carbonyl (C=O) groups is 1. The topological polar surface area (TPSA) is 259 Å². The number of aryl methyl sites for hydroxylation is 1. The first-order valence-electron chi connectivity index (χ1n) is 16.5. The lowest BCUT2D eigenvalue weighted by atomic mass is 10.1. The molecule has 17 nitrogen and oxygen atoms in total. The number of aromatic amines is 1. The quantitative estimate of drug-likeness (QED) is 0.0661. The smallest absolute Gasteiger partial charge is 0.299 e. The Bertz CT molecular complexity index is 2970. The number of fused-ring (bicyclic) bond motifs is 2. The number of nitrogens with two attached hydrogens (primary N) is 1. The van der Waals surface area contributed by atoms with Crippen molar-refractivity contribution >= 4 is 71.7 Å². The van der Waals surface area contributed by atoms with Gasteiger partial charge in [-0.05, 0) is 90.0 Å². The summed E-state index contributed by atoms with van der Waals surface area (Å²) in [5.41, 5.74) is 6.57. The molecule has 0 saturated carbocycles. The van der Waals surface area contributed by atoms with Crippen molar-refractivity contribution in [3.05, 3.63) is 125 Å². The lowest BCUT2D eigenvalue weighted by molar-refractivity contribution is 0.0995. The van der Waals surface area contributed by atoms with Crippen molar-refractivity contribution in [2.24, 2.45) is 36.4 Å². The number of benzene rings is 6. The minimum atomic E-state index is -4.47. The minimum Gasteiger partial charge on any atom is -0.507 e. The molecule has 56 heavy (non-hydrogen) atoms. The van der Waals surface area contributed by atoms with Crippen molar-refractivity contribution in [3.63, 3.8) is 0 Å². The number of primary amides is 1. The zero-order chi connectivity index (χ0) is 39.7. The lowest BCUT2D eigenvalue weighted by Gasteiger charge is -2.08. The molecule has 1 heterocycles. The van der Waals surface area contributed by atoms with E-state index >= 15 is 0 Å². The predicted octanol–water partition coefficient (Wildman–Crippen LogP) is 8.79. The Morgan fingerprint density at radius 2 is 1.46 bits per heavy atom. The number of azo groups is 3. The Hall–Kier alpha value is -7.57. The molecule has 0 fully saturated rings. The van der Waals surface area contributed by atoms with Crippen LogP contribution in [0, 0.1) is 6.92 Å². The Morgan fingerprint density at radius 1 is 0.768 bits per heavy atom. The maximum absolute atomic E-state index is 13.2. The second kappa shape index (κ2) is 14.7. The number of amides is 1. The molecule has 7 aromatic rings. The maximum atomic E-state index is 13.2. The number of carbonyl (C=O) groups excluding carboxylic acids is 1. The molecular weight excluding hydrogens is 743 g/mol. The monoisotopic (exact) mass is 771 g/mol. The fourth-order valence-electron chi connectivity index (χ4n) is 5.79. The van der Waals surface area contributed by atoms with Crippen LogP contribution in [0.2, 0.25) is 0 Å². The van der Waals surface area contributed by atoms with E-state index in [1.54, 1.807) is 54.6 Å². The number of nitrogens with one attached hydrogen (secondary N) is 1. The Kier molecular flexibility index (Phi) is 9.65. The molecule has 0 unspecified atom stereocenters. The molecule has 0 spiro atoms. The van der Waals surface area contributed by atoms with Gasteiger partial charge in [-0.3, -0.25) is 19.2 Å². The molecule has 0 atom stereocenters. The van der Waals surface area contributed by atoms with Crippen molar-refractivity contribution in [2.75, 3.05) is 7.11 Å². The predicted molar refractivity (Wildman–Crippen MR) is 206 cm³/mol. The molecule has 18 heteroatoms. The molecule has 0 radical (unpaired) electrons. The number of nitrogens with zero attached hydrogens (tertiary/aromatic N) is 7. The van der Waals surface area contributed by atoms with Crippen molar-refractivity contribution < 1.29 is 32.7 Å². The summed E-state index contributed by atoms with van der Waals surface area (Å²) in [7, 11) is -2.99. The highest BCUT2D eigenvalue weighted by Crippen LogP contribution is 2.41. The molecule has 6 N–H and O–H groups in total. The van der Waals surface area contributed by atoms with Gasteiger partial charge in [0.05, 0.1) is 40.1 Å². The lowest BCUT2D eigenvalue weighted by Crippen LogP contribution is -2.14. The average Bonchev–Trinajstić information content (AvgIpc) is 3.52. The van der Waals surface area contributed by atoms with E-state index in [0.29, 0.717) is 44.5 Å². The summed E-state index contributed by atoms with van der Waals surface area (Å²) in [6.07, 6.45) is 0.